The van der Waals surface area contributed by atoms with Gasteiger partial charge in [-0.3, -0.25) is 0 Å². The van der Waals surface area contributed by atoms with Gasteiger partial charge in [-0.05, 0) is 139 Å². The Morgan fingerprint density at radius 3 is 1.54 bits per heavy atom. The zero-order valence-corrected chi connectivity index (χ0v) is 27.6. The van der Waals surface area contributed by atoms with Crippen LogP contribution in [-0.2, 0) is 0 Å². The largest absolute Gasteiger partial charge is 0.395 e. The van der Waals surface area contributed by atoms with Crippen molar-refractivity contribution in [3.05, 3.63) is 0 Å². The quantitative estimate of drug-likeness (QED) is 0.0566. The van der Waals surface area contributed by atoms with Gasteiger partial charge in [0.15, 0.2) is 0 Å². The number of hydrogen-bond acceptors (Lipinski definition) is 9. The van der Waals surface area contributed by atoms with E-state index in [1.807, 2.05) is 0 Å². The molecule has 41 heavy (non-hydrogen) atoms. The van der Waals surface area contributed by atoms with Crippen LogP contribution in [0.1, 0.15) is 85.5 Å². The van der Waals surface area contributed by atoms with Gasteiger partial charge in [-0.2, -0.15) is 0 Å². The van der Waals surface area contributed by atoms with Crippen LogP contribution in [0, 0.1) is 41.4 Å². The summed E-state index contributed by atoms with van der Waals surface area (Å²) in [4.78, 5) is 0. The molecule has 0 fully saturated rings. The molecule has 0 aromatic carbocycles. The number of nitrogens with one attached hydrogen (secondary N) is 3. The van der Waals surface area contributed by atoms with Crippen LogP contribution in [0.5, 0.6) is 0 Å². The molecular formula is C32H74N8O. The van der Waals surface area contributed by atoms with E-state index in [2.05, 4.69) is 43.6 Å². The molecule has 0 aromatic heterocycles. The van der Waals surface area contributed by atoms with E-state index in [1.54, 1.807) is 0 Å². The van der Waals surface area contributed by atoms with Crippen molar-refractivity contribution in [2.24, 2.45) is 70.1 Å². The molecule has 9 nitrogen and oxygen atoms in total. The van der Waals surface area contributed by atoms with Gasteiger partial charge in [0.25, 0.3) is 0 Å². The molecule has 0 rings (SSSR count). The molecule has 0 heterocycles. The highest BCUT2D eigenvalue weighted by Gasteiger charge is 2.23. The highest BCUT2D eigenvalue weighted by Crippen LogP contribution is 2.26. The van der Waals surface area contributed by atoms with Crippen LogP contribution in [0.25, 0.3) is 0 Å². The number of aliphatic hydroxyl groups is 1. The molecule has 0 amide bonds. The first-order valence-electron chi connectivity index (χ1n) is 17.1. The van der Waals surface area contributed by atoms with Gasteiger partial charge in [-0.25, -0.2) is 0 Å². The summed E-state index contributed by atoms with van der Waals surface area (Å²) in [5.41, 5.74) is 30.9. The molecule has 0 spiro atoms. The maximum absolute atomic E-state index is 9.11. The summed E-state index contributed by atoms with van der Waals surface area (Å²) in [7, 11) is 0. The zero-order valence-electron chi connectivity index (χ0n) is 27.6. The van der Waals surface area contributed by atoms with Crippen LogP contribution >= 0.6 is 0 Å². The van der Waals surface area contributed by atoms with Crippen molar-refractivity contribution in [2.45, 2.75) is 91.5 Å². The highest BCUT2D eigenvalue weighted by atomic mass is 16.3. The van der Waals surface area contributed by atoms with Gasteiger partial charge in [0, 0.05) is 19.1 Å². The van der Waals surface area contributed by atoms with Gasteiger partial charge in [0.05, 0.1) is 6.61 Å². The van der Waals surface area contributed by atoms with Crippen LogP contribution in [0.15, 0.2) is 0 Å². The second-order valence-corrected chi connectivity index (χ2v) is 12.9. The summed E-state index contributed by atoms with van der Waals surface area (Å²) < 4.78 is 0. The molecule has 0 saturated heterocycles. The third-order valence-electron chi connectivity index (χ3n) is 9.13. The summed E-state index contributed by atoms with van der Waals surface area (Å²) in [6.07, 6.45) is 9.99. The Morgan fingerprint density at radius 1 is 0.537 bits per heavy atom. The Kier molecular flexibility index (Phi) is 27.0. The Hall–Kier alpha value is -0.360. The Labute approximate surface area is 254 Å². The predicted octanol–water partition coefficient (Wildman–Crippen LogP) is 1.81. The van der Waals surface area contributed by atoms with E-state index in [4.69, 9.17) is 33.8 Å². The van der Waals surface area contributed by atoms with Crippen molar-refractivity contribution in [3.8, 4) is 0 Å². The fourth-order valence-electron chi connectivity index (χ4n) is 6.39. The van der Waals surface area contributed by atoms with E-state index >= 15 is 0 Å². The maximum Gasteiger partial charge on any atom is 0.0555 e. The molecule has 0 aromatic rings. The lowest BCUT2D eigenvalue weighted by Crippen LogP contribution is -2.42. The number of rotatable bonds is 30. The Morgan fingerprint density at radius 2 is 1.02 bits per heavy atom. The van der Waals surface area contributed by atoms with Crippen LogP contribution in [-0.4, -0.2) is 83.2 Å². The van der Waals surface area contributed by atoms with Crippen LogP contribution in [0.3, 0.4) is 0 Å². The number of nitrogens with two attached hydrogens (primary N) is 5. The summed E-state index contributed by atoms with van der Waals surface area (Å²) >= 11 is 0. The zero-order chi connectivity index (χ0) is 30.9. The molecule has 8 atom stereocenters. The molecule has 9 heteroatoms. The van der Waals surface area contributed by atoms with Gasteiger partial charge in [-0.1, -0.05) is 40.5 Å². The minimum absolute atomic E-state index is 0.184. The van der Waals surface area contributed by atoms with Crippen molar-refractivity contribution < 1.29 is 5.11 Å². The molecule has 14 N–H and O–H groups in total. The summed E-state index contributed by atoms with van der Waals surface area (Å²) in [6, 6.07) is 0.292. The van der Waals surface area contributed by atoms with Crippen molar-refractivity contribution in [3.63, 3.8) is 0 Å². The first kappa shape index (κ1) is 40.6. The number of hydrogen-bond donors (Lipinski definition) is 9. The fraction of sp³-hybridized carbons (Fsp3) is 1.00. The predicted molar refractivity (Wildman–Crippen MR) is 179 cm³/mol. The van der Waals surface area contributed by atoms with E-state index in [-0.39, 0.29) is 6.61 Å². The highest BCUT2D eigenvalue weighted by molar-refractivity contribution is 4.80. The first-order valence-corrected chi connectivity index (χ1v) is 17.1. The normalized spacial score (nSPS) is 18.0. The summed E-state index contributed by atoms with van der Waals surface area (Å²) in [5.74, 6) is 3.68. The first-order chi connectivity index (χ1) is 19.8. The van der Waals surface area contributed by atoms with Crippen molar-refractivity contribution in [2.75, 3.05) is 72.1 Å². The molecule has 0 saturated carbocycles. The Bertz CT molecular complexity index is 554. The lowest BCUT2D eigenvalue weighted by atomic mass is 9.82. The van der Waals surface area contributed by atoms with Crippen molar-refractivity contribution in [1.82, 2.24) is 16.0 Å². The summed E-state index contributed by atoms with van der Waals surface area (Å²) in [6.45, 7) is 17.3. The van der Waals surface area contributed by atoms with Gasteiger partial charge < -0.3 is 49.7 Å². The van der Waals surface area contributed by atoms with Crippen molar-refractivity contribution in [1.29, 1.82) is 0 Å². The number of aliphatic hydroxyl groups excluding tert-OH is 1. The minimum atomic E-state index is 0.184. The minimum Gasteiger partial charge on any atom is -0.395 e. The second-order valence-electron chi connectivity index (χ2n) is 12.9. The maximum atomic E-state index is 9.11. The molecule has 8 unspecified atom stereocenters. The van der Waals surface area contributed by atoms with E-state index in [0.717, 1.165) is 90.5 Å². The molecule has 0 bridgehead atoms. The molecule has 248 valence electrons. The van der Waals surface area contributed by atoms with E-state index in [9.17, 15) is 0 Å². The lowest BCUT2D eigenvalue weighted by molar-refractivity contribution is 0.250. The molecule has 0 radical (unpaired) electrons. The SMILES string of the molecule is CCCNCC(CC(CN)CC(CC)CNCCO)CC(CN)NCC(C)CC(CN)CC(CN)CC(CC)CN. The smallest absolute Gasteiger partial charge is 0.0555 e. The van der Waals surface area contributed by atoms with Crippen molar-refractivity contribution >= 4 is 0 Å². The van der Waals surface area contributed by atoms with Gasteiger partial charge in [-0.15, -0.1) is 0 Å². The average Bonchev–Trinajstić information content (AvgIpc) is 2.99. The Balaban J connectivity index is 5.02. The monoisotopic (exact) mass is 587 g/mol. The second kappa shape index (κ2) is 27.2. The van der Waals surface area contributed by atoms with E-state index < -0.39 is 0 Å². The van der Waals surface area contributed by atoms with E-state index in [1.165, 1.54) is 0 Å². The molecule has 0 aliphatic heterocycles. The van der Waals surface area contributed by atoms with Gasteiger partial charge in [0.1, 0.15) is 0 Å². The lowest BCUT2D eigenvalue weighted by Gasteiger charge is -2.30. The topological polar surface area (TPSA) is 186 Å². The standard InChI is InChI=1S/C32H74N8O/c1-5-8-38-24-31(15-30(20-36)13-27(7-3)23-39-9-10-41)16-32(21-37)40-22-25(4)11-28(18-34)14-29(19-35)12-26(6-2)17-33/h25-32,38-41H,5-24,33-37H2,1-4H3. The van der Waals surface area contributed by atoms with E-state index in [0.29, 0.717) is 80.2 Å². The third-order valence-corrected chi connectivity index (χ3v) is 9.13. The average molecular weight is 587 g/mol. The molecular weight excluding hydrogens is 512 g/mol. The summed E-state index contributed by atoms with van der Waals surface area (Å²) in [5, 5.41) is 20.0. The van der Waals surface area contributed by atoms with Gasteiger partial charge in [0.2, 0.25) is 0 Å². The molecule has 0 aliphatic carbocycles. The molecule has 0 aliphatic rings. The van der Waals surface area contributed by atoms with Crippen LogP contribution in [0.4, 0.5) is 0 Å². The fourth-order valence-corrected chi connectivity index (χ4v) is 6.39. The third kappa shape index (κ3) is 20.3. The van der Waals surface area contributed by atoms with Crippen LogP contribution in [0.2, 0.25) is 0 Å². The van der Waals surface area contributed by atoms with Gasteiger partial charge >= 0.3 is 0 Å². The van der Waals surface area contributed by atoms with Crippen LogP contribution < -0.4 is 44.6 Å².